The molecule has 1 aromatic heterocycles. The number of nitrogens with zero attached hydrogens (tertiary/aromatic N) is 4. The first-order valence-electron chi connectivity index (χ1n) is 17.4. The zero-order valence-electron chi connectivity index (χ0n) is 28.9. The molecule has 3 heterocycles. The average Bonchev–Trinajstić information content (AvgIpc) is 3.79. The van der Waals surface area contributed by atoms with Gasteiger partial charge in [0.1, 0.15) is 0 Å². The van der Waals surface area contributed by atoms with E-state index in [0.29, 0.717) is 29.9 Å². The number of ether oxygens (including phenoxy) is 1. The lowest BCUT2D eigenvalue weighted by Gasteiger charge is -2.31. The summed E-state index contributed by atoms with van der Waals surface area (Å²) in [5.74, 6) is -1.16. The summed E-state index contributed by atoms with van der Waals surface area (Å²) in [7, 11) is -3.36. The molecule has 11 heteroatoms. The molecule has 2 aliphatic heterocycles. The number of carbonyl (C=O) groups is 2. The Hall–Kier alpha value is -4.97. The molecular formula is C40H42FN5O4Si. The quantitative estimate of drug-likeness (QED) is 0.113. The zero-order chi connectivity index (χ0) is 35.8. The van der Waals surface area contributed by atoms with E-state index in [9.17, 15) is 14.7 Å². The maximum Gasteiger partial charge on any atom is 0.264 e. The predicted molar refractivity (Wildman–Crippen MR) is 197 cm³/mol. The monoisotopic (exact) mass is 703 g/mol. The van der Waals surface area contributed by atoms with Crippen molar-refractivity contribution in [2.75, 3.05) is 16.8 Å². The molecular weight excluding hydrogens is 662 g/mol. The molecule has 0 bridgehead atoms. The minimum atomic E-state index is -3.36. The maximum atomic E-state index is 16.4. The number of rotatable bonds is 11. The first-order valence-corrected chi connectivity index (χ1v) is 20.3. The highest BCUT2D eigenvalue weighted by Gasteiger charge is 2.66. The number of carbonyl (C=O) groups excluding carboxylic acids is 2. The molecule has 0 saturated carbocycles. The van der Waals surface area contributed by atoms with Crippen LogP contribution in [-0.4, -0.2) is 53.0 Å². The summed E-state index contributed by atoms with van der Waals surface area (Å²) < 4.78 is 25.0. The van der Waals surface area contributed by atoms with E-state index in [0.717, 1.165) is 22.4 Å². The third-order valence-electron chi connectivity index (χ3n) is 10.4. The summed E-state index contributed by atoms with van der Waals surface area (Å²) in [6, 6.07) is 33.8. The van der Waals surface area contributed by atoms with Crippen LogP contribution in [0.2, 0.25) is 18.6 Å². The fraction of sp³-hybridized carbons (Fsp3) is 0.300. The Kier molecular flexibility index (Phi) is 9.45. The van der Waals surface area contributed by atoms with Gasteiger partial charge in [0.2, 0.25) is 8.41 Å². The molecule has 1 unspecified atom stereocenters. The van der Waals surface area contributed by atoms with E-state index in [1.165, 1.54) is 0 Å². The number of fused-ring (bicyclic) bond motifs is 2. The number of aryl methyl sites for hydroxylation is 1. The van der Waals surface area contributed by atoms with Gasteiger partial charge in [-0.3, -0.25) is 14.3 Å². The molecule has 262 valence electrons. The van der Waals surface area contributed by atoms with Crippen LogP contribution in [0.25, 0.3) is 0 Å². The highest BCUT2D eigenvalue weighted by Crippen LogP contribution is 2.60. The Morgan fingerprint density at radius 2 is 1.71 bits per heavy atom. The van der Waals surface area contributed by atoms with Crippen LogP contribution in [0.3, 0.4) is 0 Å². The van der Waals surface area contributed by atoms with Crippen molar-refractivity contribution in [3.05, 3.63) is 143 Å². The van der Waals surface area contributed by atoms with Crippen molar-refractivity contribution in [2.45, 2.75) is 62.7 Å². The van der Waals surface area contributed by atoms with E-state index < -0.39 is 31.6 Å². The van der Waals surface area contributed by atoms with E-state index in [1.807, 2.05) is 110 Å². The molecule has 7 rings (SSSR count). The van der Waals surface area contributed by atoms with E-state index in [4.69, 9.17) is 4.74 Å². The lowest BCUT2D eigenvalue weighted by Crippen LogP contribution is -2.45. The van der Waals surface area contributed by atoms with Crippen molar-refractivity contribution in [3.8, 4) is 0 Å². The minimum absolute atomic E-state index is 0.108. The third-order valence-corrected chi connectivity index (χ3v) is 12.8. The Bertz CT molecular complexity index is 2020. The van der Waals surface area contributed by atoms with Gasteiger partial charge in [-0.05, 0) is 61.0 Å². The number of amides is 2. The third kappa shape index (κ3) is 6.53. The predicted octanol–water partition coefficient (Wildman–Crippen LogP) is 7.07. The number of aliphatic hydroxyl groups excluding tert-OH is 1. The molecule has 0 radical (unpaired) electrons. The van der Waals surface area contributed by atoms with Crippen molar-refractivity contribution in [2.24, 2.45) is 5.92 Å². The Labute approximate surface area is 298 Å². The minimum Gasteiger partial charge on any atom is -0.395 e. The van der Waals surface area contributed by atoms with Crippen LogP contribution < -0.4 is 10.2 Å². The van der Waals surface area contributed by atoms with Gasteiger partial charge >= 0.3 is 0 Å². The molecule has 1 spiro atoms. The molecule has 1 saturated heterocycles. The van der Waals surface area contributed by atoms with Crippen LogP contribution >= 0.6 is 0 Å². The number of nitrogens with one attached hydrogen (secondary N) is 1. The number of hydrogen-bond acceptors (Lipinski definition) is 6. The first-order chi connectivity index (χ1) is 24.6. The van der Waals surface area contributed by atoms with E-state index in [-0.39, 0.29) is 30.9 Å². The number of aromatic nitrogens is 3. The molecule has 51 heavy (non-hydrogen) atoms. The molecule has 4 aromatic carbocycles. The van der Waals surface area contributed by atoms with E-state index in [2.05, 4.69) is 15.6 Å². The van der Waals surface area contributed by atoms with E-state index >= 15 is 4.11 Å². The average molecular weight is 704 g/mol. The first kappa shape index (κ1) is 34.5. The molecule has 0 aliphatic carbocycles. The highest BCUT2D eigenvalue weighted by molar-refractivity contribution is 6.72. The fourth-order valence-electron chi connectivity index (χ4n) is 8.05. The summed E-state index contributed by atoms with van der Waals surface area (Å²) in [6.07, 6.45) is 1.73. The Balaban J connectivity index is 1.13. The van der Waals surface area contributed by atoms with Gasteiger partial charge < -0.3 is 24.2 Å². The zero-order valence-corrected chi connectivity index (χ0v) is 29.9. The second-order valence-corrected chi connectivity index (χ2v) is 17.8. The summed E-state index contributed by atoms with van der Waals surface area (Å²) in [4.78, 5) is 29.3. The van der Waals surface area contributed by atoms with Crippen LogP contribution in [0.1, 0.15) is 52.0 Å². The normalized spacial score (nSPS) is 21.9. The summed E-state index contributed by atoms with van der Waals surface area (Å²) in [5.41, 5.74) is 3.29. The Morgan fingerprint density at radius 1 is 1.00 bits per heavy atom. The van der Waals surface area contributed by atoms with Crippen molar-refractivity contribution in [3.63, 3.8) is 0 Å². The van der Waals surface area contributed by atoms with Crippen molar-refractivity contribution in [1.82, 2.24) is 15.0 Å². The van der Waals surface area contributed by atoms with Crippen LogP contribution in [0.15, 0.2) is 115 Å². The molecule has 5 aromatic rings. The van der Waals surface area contributed by atoms with Gasteiger partial charge in [-0.15, -0.1) is 5.10 Å². The number of aliphatic hydroxyl groups is 1. The van der Waals surface area contributed by atoms with Crippen LogP contribution in [0.4, 0.5) is 15.5 Å². The number of hydrogen-bond donors (Lipinski definition) is 2. The fourth-order valence-corrected chi connectivity index (χ4v) is 10.6. The van der Waals surface area contributed by atoms with Crippen LogP contribution in [0.5, 0.6) is 0 Å². The molecule has 2 aliphatic rings. The van der Waals surface area contributed by atoms with Crippen molar-refractivity contribution in [1.29, 1.82) is 0 Å². The maximum absolute atomic E-state index is 16.4. The summed E-state index contributed by atoms with van der Waals surface area (Å²) in [6.45, 7) is 5.90. The molecule has 1 fully saturated rings. The van der Waals surface area contributed by atoms with Crippen LogP contribution in [-0.2, 0) is 28.2 Å². The standard InChI is InChI=1S/C40H42FN5O4Si/c1-27-37(51(2,3)41)36(21-22-45-25-34(43-44-45)32(26-47)29-14-6-4-7-15-29)50-40(27)33-19-10-11-20-35(33)46(39(40)49)24-28-13-12-18-31(23-28)42-38(48)30-16-8-5-9-17-30/h4-20,23,25,27,32,36-37,47H,21-22,24,26H2,1-3H3,(H,42,48)/t27-,32?,36+,37-,40+/m0/s1. The van der Waals surface area contributed by atoms with Crippen molar-refractivity contribution < 1.29 is 23.5 Å². The van der Waals surface area contributed by atoms with Gasteiger partial charge in [-0.1, -0.05) is 91.0 Å². The molecule has 2 N–H and O–H groups in total. The second-order valence-electron chi connectivity index (χ2n) is 14.0. The smallest absolute Gasteiger partial charge is 0.264 e. The van der Waals surface area contributed by atoms with Crippen molar-refractivity contribution >= 4 is 31.6 Å². The van der Waals surface area contributed by atoms with E-state index in [1.54, 1.807) is 34.8 Å². The van der Waals surface area contributed by atoms with Gasteiger partial charge in [0.15, 0.2) is 5.60 Å². The molecule has 5 atom stereocenters. The van der Waals surface area contributed by atoms with Gasteiger partial charge in [0, 0.05) is 41.0 Å². The number of benzene rings is 4. The lowest BCUT2D eigenvalue weighted by atomic mass is 9.82. The summed E-state index contributed by atoms with van der Waals surface area (Å²) >= 11 is 0. The lowest BCUT2D eigenvalue weighted by molar-refractivity contribution is -0.146. The van der Waals surface area contributed by atoms with Gasteiger partial charge in [0.25, 0.3) is 11.8 Å². The molecule has 9 nitrogen and oxygen atoms in total. The van der Waals surface area contributed by atoms with Gasteiger partial charge in [-0.25, -0.2) is 0 Å². The van der Waals surface area contributed by atoms with Gasteiger partial charge in [-0.2, -0.15) is 0 Å². The number of para-hydroxylation sites is 1. The van der Waals surface area contributed by atoms with Crippen LogP contribution in [0, 0.1) is 5.92 Å². The topological polar surface area (TPSA) is 110 Å². The number of halogens is 1. The Morgan fingerprint density at radius 3 is 2.43 bits per heavy atom. The number of anilines is 2. The summed E-state index contributed by atoms with van der Waals surface area (Å²) in [5, 5.41) is 21.8. The SMILES string of the molecule is C[C@H]1[C@H]([Si](C)(C)F)[C@@H](CCn2cc(C(CO)c3ccccc3)nn2)O[C@]12C(=O)N(Cc1cccc(NC(=O)c3ccccc3)c1)c1ccccc12. The van der Waals surface area contributed by atoms with Gasteiger partial charge in [0.05, 0.1) is 36.6 Å². The molecule has 2 amide bonds. The highest BCUT2D eigenvalue weighted by atomic mass is 28.4. The second kappa shape index (κ2) is 14.0. The largest absolute Gasteiger partial charge is 0.395 e.